The summed E-state index contributed by atoms with van der Waals surface area (Å²) in [4.78, 5) is 0. The molecule has 1 aliphatic carbocycles. The Hall–Kier alpha value is -1.07. The molecule has 0 aromatic heterocycles. The third-order valence-corrected chi connectivity index (χ3v) is 5.52. The number of hydrogen-bond acceptors (Lipinski definition) is 0. The molecule has 0 atom stereocenters. The summed E-state index contributed by atoms with van der Waals surface area (Å²) in [6.07, 6.45) is 8.08. The second-order valence-corrected chi connectivity index (χ2v) is 6.98. The van der Waals surface area contributed by atoms with Crippen LogP contribution in [0.3, 0.4) is 0 Å². The molecule has 0 unspecified atom stereocenters. The number of aryl methyl sites for hydroxylation is 1. The number of benzene rings is 2. The van der Waals surface area contributed by atoms with Gasteiger partial charge in [0, 0.05) is 26.2 Å². The summed E-state index contributed by atoms with van der Waals surface area (Å²) in [7, 11) is 0. The molecular weight excluding hydrogens is 367 g/mol. The topological polar surface area (TPSA) is 0 Å². The van der Waals surface area contributed by atoms with Gasteiger partial charge in [0.1, 0.15) is 0 Å². The van der Waals surface area contributed by atoms with E-state index in [-0.39, 0.29) is 26.2 Å². The van der Waals surface area contributed by atoms with Gasteiger partial charge in [0.25, 0.3) is 0 Å². The van der Waals surface area contributed by atoms with Crippen LogP contribution in [0, 0.1) is 0 Å². The Kier molecular flexibility index (Phi) is 5.82. The van der Waals surface area contributed by atoms with Gasteiger partial charge in [0.2, 0.25) is 0 Å². The number of rotatable bonds is 3. The van der Waals surface area contributed by atoms with E-state index < -0.39 is 0 Å². The van der Waals surface area contributed by atoms with Gasteiger partial charge in [-0.2, -0.15) is 6.07 Å². The van der Waals surface area contributed by atoms with Crippen LogP contribution >= 0.6 is 0 Å². The van der Waals surface area contributed by atoms with Gasteiger partial charge < -0.3 is 0 Å². The van der Waals surface area contributed by atoms with E-state index in [4.69, 9.17) is 0 Å². The van der Waals surface area contributed by atoms with Gasteiger partial charge in [-0.15, -0.1) is 34.5 Å². The first kappa shape index (κ1) is 17.7. The van der Waals surface area contributed by atoms with Crippen molar-refractivity contribution in [3.63, 3.8) is 0 Å². The van der Waals surface area contributed by atoms with Gasteiger partial charge in [0.15, 0.2) is 0 Å². The minimum absolute atomic E-state index is 0. The molecule has 0 amide bonds. The SMILES string of the molecule is CCc1cc2c(-c3ccc(C4CCCCC4)cc3)cccc2[cH-]1.[Zr]. The molecule has 0 aliphatic heterocycles. The fourth-order valence-corrected chi connectivity index (χ4v) is 4.12. The smallest absolute Gasteiger partial charge is 0 e. The van der Waals surface area contributed by atoms with E-state index in [1.165, 1.54) is 65.1 Å². The van der Waals surface area contributed by atoms with Crippen LogP contribution < -0.4 is 0 Å². The Bertz CT molecular complexity index is 789. The summed E-state index contributed by atoms with van der Waals surface area (Å²) in [5.74, 6) is 0.791. The minimum Gasteiger partial charge on any atom is -0.164 e. The number of fused-ring (bicyclic) bond motifs is 1. The van der Waals surface area contributed by atoms with Crippen molar-refractivity contribution < 1.29 is 26.2 Å². The molecule has 24 heavy (non-hydrogen) atoms. The zero-order valence-electron chi connectivity index (χ0n) is 14.5. The fourth-order valence-electron chi connectivity index (χ4n) is 4.12. The van der Waals surface area contributed by atoms with Crippen LogP contribution in [-0.4, -0.2) is 0 Å². The van der Waals surface area contributed by atoms with Crippen molar-refractivity contribution in [1.29, 1.82) is 0 Å². The standard InChI is InChI=1S/C23H25.Zr/c1-2-17-15-21-9-6-10-22(23(21)16-17)20-13-11-19(12-14-20)18-7-4-3-5-8-18;/h6,9-16,18H,2-5,7-8H2,1H3;/q-1;. The molecule has 1 heteroatoms. The molecule has 0 spiro atoms. The molecule has 3 aromatic rings. The predicted molar refractivity (Wildman–Crippen MR) is 100 cm³/mol. The van der Waals surface area contributed by atoms with Crippen molar-refractivity contribution in [2.75, 3.05) is 0 Å². The maximum Gasteiger partial charge on any atom is 0 e. The van der Waals surface area contributed by atoms with Crippen molar-refractivity contribution in [3.8, 4) is 11.1 Å². The van der Waals surface area contributed by atoms with Crippen LogP contribution in [-0.2, 0) is 32.6 Å². The van der Waals surface area contributed by atoms with Crippen molar-refractivity contribution in [3.05, 3.63) is 65.7 Å². The minimum atomic E-state index is 0. The molecule has 1 fully saturated rings. The first-order valence-electron chi connectivity index (χ1n) is 9.14. The van der Waals surface area contributed by atoms with Crippen LogP contribution in [0.25, 0.3) is 21.9 Å². The first-order chi connectivity index (χ1) is 11.3. The van der Waals surface area contributed by atoms with Crippen LogP contribution in [0.4, 0.5) is 0 Å². The Labute approximate surface area is 164 Å². The van der Waals surface area contributed by atoms with E-state index in [2.05, 4.69) is 61.5 Å². The molecular formula is C23H25Zr-. The quantitative estimate of drug-likeness (QED) is 0.428. The summed E-state index contributed by atoms with van der Waals surface area (Å²) in [5, 5.41) is 2.77. The largest absolute Gasteiger partial charge is 0.164 e. The van der Waals surface area contributed by atoms with E-state index in [1.54, 1.807) is 0 Å². The van der Waals surface area contributed by atoms with Crippen molar-refractivity contribution >= 4 is 10.8 Å². The maximum absolute atomic E-state index is 2.37. The zero-order valence-corrected chi connectivity index (χ0v) is 17.0. The molecule has 3 aromatic carbocycles. The molecule has 1 saturated carbocycles. The molecule has 122 valence electrons. The Morgan fingerprint density at radius 2 is 1.71 bits per heavy atom. The molecule has 0 saturated heterocycles. The predicted octanol–water partition coefficient (Wildman–Crippen LogP) is 6.83. The Morgan fingerprint density at radius 3 is 2.42 bits per heavy atom. The van der Waals surface area contributed by atoms with Gasteiger partial charge in [-0.1, -0.05) is 62.1 Å². The van der Waals surface area contributed by atoms with Crippen molar-refractivity contribution in [2.45, 2.75) is 51.4 Å². The van der Waals surface area contributed by atoms with Crippen molar-refractivity contribution in [1.82, 2.24) is 0 Å². The average Bonchev–Trinajstić information content (AvgIpc) is 3.06. The van der Waals surface area contributed by atoms with Crippen LogP contribution in [0.2, 0.25) is 0 Å². The monoisotopic (exact) mass is 391 g/mol. The summed E-state index contributed by atoms with van der Waals surface area (Å²) < 4.78 is 0. The molecule has 0 N–H and O–H groups in total. The third-order valence-electron chi connectivity index (χ3n) is 5.52. The number of hydrogen-bond donors (Lipinski definition) is 0. The molecule has 1 aliphatic rings. The normalized spacial score (nSPS) is 15.4. The van der Waals surface area contributed by atoms with Gasteiger partial charge in [-0.05, 0) is 36.3 Å². The van der Waals surface area contributed by atoms with Gasteiger partial charge >= 0.3 is 0 Å². The molecule has 0 bridgehead atoms. The van der Waals surface area contributed by atoms with Gasteiger partial charge in [-0.3, -0.25) is 0 Å². The Morgan fingerprint density at radius 1 is 0.958 bits per heavy atom. The van der Waals surface area contributed by atoms with E-state index in [9.17, 15) is 0 Å². The molecule has 0 radical (unpaired) electrons. The van der Waals surface area contributed by atoms with E-state index in [0.29, 0.717) is 0 Å². The van der Waals surface area contributed by atoms with Crippen LogP contribution in [0.15, 0.2) is 54.6 Å². The zero-order chi connectivity index (χ0) is 15.6. The summed E-state index contributed by atoms with van der Waals surface area (Å²) >= 11 is 0. The summed E-state index contributed by atoms with van der Waals surface area (Å²) in [6.45, 7) is 2.23. The summed E-state index contributed by atoms with van der Waals surface area (Å²) in [6, 6.07) is 20.8. The molecule has 4 rings (SSSR count). The second kappa shape index (κ2) is 7.88. The average molecular weight is 393 g/mol. The van der Waals surface area contributed by atoms with E-state index in [1.807, 2.05) is 0 Å². The van der Waals surface area contributed by atoms with Gasteiger partial charge in [-0.25, -0.2) is 0 Å². The molecule has 0 heterocycles. The van der Waals surface area contributed by atoms with Crippen molar-refractivity contribution in [2.24, 2.45) is 0 Å². The van der Waals surface area contributed by atoms with Crippen LogP contribution in [0.1, 0.15) is 56.1 Å². The molecule has 0 nitrogen and oxygen atoms in total. The third kappa shape index (κ3) is 3.47. The van der Waals surface area contributed by atoms with E-state index in [0.717, 1.165) is 12.3 Å². The fraction of sp³-hybridized carbons (Fsp3) is 0.348. The summed E-state index contributed by atoms with van der Waals surface area (Å²) in [5.41, 5.74) is 5.70. The Balaban J connectivity index is 0.00000169. The van der Waals surface area contributed by atoms with Gasteiger partial charge in [0.05, 0.1) is 0 Å². The second-order valence-electron chi connectivity index (χ2n) is 6.98. The van der Waals surface area contributed by atoms with E-state index >= 15 is 0 Å². The maximum atomic E-state index is 2.37. The first-order valence-corrected chi connectivity index (χ1v) is 9.14. The van der Waals surface area contributed by atoms with Crippen LogP contribution in [0.5, 0.6) is 0 Å².